The van der Waals surface area contributed by atoms with E-state index in [9.17, 15) is 4.79 Å². The van der Waals surface area contributed by atoms with Gasteiger partial charge in [-0.05, 0) is 12.1 Å². The van der Waals surface area contributed by atoms with Crippen LogP contribution in [0.4, 0.5) is 4.79 Å². The first kappa shape index (κ1) is 17.3. The molecule has 3 rings (SSSR count). The van der Waals surface area contributed by atoms with Crippen molar-refractivity contribution in [1.82, 2.24) is 20.0 Å². The highest BCUT2D eigenvalue weighted by molar-refractivity contribution is 5.74. The van der Waals surface area contributed by atoms with Crippen molar-refractivity contribution in [3.05, 3.63) is 47.3 Å². The largest absolute Gasteiger partial charge is 0.487 e. The van der Waals surface area contributed by atoms with E-state index in [4.69, 9.17) is 9.47 Å². The average Bonchev–Trinajstić information content (AvgIpc) is 2.96. The maximum Gasteiger partial charge on any atom is 0.317 e. The van der Waals surface area contributed by atoms with E-state index in [2.05, 4.69) is 10.4 Å². The fraction of sp³-hybridized carbons (Fsp3) is 0.444. The van der Waals surface area contributed by atoms with Gasteiger partial charge < -0.3 is 19.7 Å². The molecule has 7 nitrogen and oxygen atoms in total. The summed E-state index contributed by atoms with van der Waals surface area (Å²) in [5.41, 5.74) is 3.15. The van der Waals surface area contributed by atoms with Crippen LogP contribution >= 0.6 is 0 Å². The lowest BCUT2D eigenvalue weighted by atomic mass is 10.1. The van der Waals surface area contributed by atoms with Crippen molar-refractivity contribution in [2.75, 3.05) is 26.8 Å². The van der Waals surface area contributed by atoms with E-state index in [0.29, 0.717) is 32.8 Å². The summed E-state index contributed by atoms with van der Waals surface area (Å²) in [5.74, 6) is 0.812. The Bertz CT molecular complexity index is 715. The molecule has 134 valence electrons. The van der Waals surface area contributed by atoms with E-state index in [-0.39, 0.29) is 6.03 Å². The van der Waals surface area contributed by atoms with Crippen LogP contribution in [-0.4, -0.2) is 47.5 Å². The molecule has 0 radical (unpaired) electrons. The standard InChI is InChI=1S/C18H24N4O3/c1-21-17-8-10-22(18(23)19-9-11-24-2)12-15(17)16(20-21)13-25-14-6-4-3-5-7-14/h3-7H,8-13H2,1-2H3,(H,19,23). The Morgan fingerprint density at radius 3 is 2.88 bits per heavy atom. The van der Waals surface area contributed by atoms with E-state index >= 15 is 0 Å². The van der Waals surface area contributed by atoms with Gasteiger partial charge in [0.2, 0.25) is 0 Å². The summed E-state index contributed by atoms with van der Waals surface area (Å²) >= 11 is 0. The molecule has 25 heavy (non-hydrogen) atoms. The normalized spacial score (nSPS) is 13.4. The molecule has 1 aliphatic rings. The number of aryl methyl sites for hydroxylation is 1. The first-order valence-corrected chi connectivity index (χ1v) is 8.42. The smallest absolute Gasteiger partial charge is 0.317 e. The third kappa shape index (κ3) is 4.11. The number of amides is 2. The van der Waals surface area contributed by atoms with E-state index in [1.165, 1.54) is 5.69 Å². The topological polar surface area (TPSA) is 68.6 Å². The molecular formula is C18H24N4O3. The van der Waals surface area contributed by atoms with Gasteiger partial charge in [0.1, 0.15) is 18.1 Å². The van der Waals surface area contributed by atoms with Gasteiger partial charge in [0.05, 0.1) is 13.2 Å². The Morgan fingerprint density at radius 2 is 2.12 bits per heavy atom. The number of methoxy groups -OCH3 is 1. The molecule has 0 aliphatic carbocycles. The second-order valence-corrected chi connectivity index (χ2v) is 5.99. The highest BCUT2D eigenvalue weighted by Crippen LogP contribution is 2.23. The Kier molecular flexibility index (Phi) is 5.55. The number of ether oxygens (including phenoxy) is 2. The predicted octanol–water partition coefficient (Wildman–Crippen LogP) is 1.71. The zero-order valence-corrected chi connectivity index (χ0v) is 14.7. The number of carbonyl (C=O) groups is 1. The number of nitrogens with one attached hydrogen (secondary N) is 1. The summed E-state index contributed by atoms with van der Waals surface area (Å²) in [6.07, 6.45) is 0.794. The summed E-state index contributed by atoms with van der Waals surface area (Å²) in [5, 5.41) is 7.46. The molecular weight excluding hydrogens is 320 g/mol. The number of hydrogen-bond acceptors (Lipinski definition) is 4. The van der Waals surface area contributed by atoms with Crippen LogP contribution in [0, 0.1) is 0 Å². The number of urea groups is 1. The second-order valence-electron chi connectivity index (χ2n) is 5.99. The van der Waals surface area contributed by atoms with Crippen molar-refractivity contribution >= 4 is 6.03 Å². The molecule has 0 bridgehead atoms. The van der Waals surface area contributed by atoms with Gasteiger partial charge >= 0.3 is 6.03 Å². The molecule has 1 aliphatic heterocycles. The minimum Gasteiger partial charge on any atom is -0.487 e. The number of carbonyl (C=O) groups excluding carboxylic acids is 1. The van der Waals surface area contributed by atoms with Crippen LogP contribution in [-0.2, 0) is 31.4 Å². The number of rotatable bonds is 6. The number of nitrogens with zero attached hydrogens (tertiary/aromatic N) is 3. The SMILES string of the molecule is COCCNC(=O)N1CCc2c(c(COc3ccccc3)nn2C)C1. The fourth-order valence-corrected chi connectivity index (χ4v) is 3.00. The molecule has 0 fully saturated rings. The van der Waals surface area contributed by atoms with Crippen molar-refractivity contribution in [2.24, 2.45) is 7.05 Å². The monoisotopic (exact) mass is 344 g/mol. The third-order valence-electron chi connectivity index (χ3n) is 4.31. The van der Waals surface area contributed by atoms with Crippen LogP contribution in [0.15, 0.2) is 30.3 Å². The number of para-hydroxylation sites is 1. The Hall–Kier alpha value is -2.54. The zero-order valence-electron chi connectivity index (χ0n) is 14.7. The molecule has 0 atom stereocenters. The number of hydrogen-bond donors (Lipinski definition) is 1. The van der Waals surface area contributed by atoms with Gasteiger partial charge in [-0.3, -0.25) is 4.68 Å². The lowest BCUT2D eigenvalue weighted by molar-refractivity contribution is 0.175. The summed E-state index contributed by atoms with van der Waals surface area (Å²) in [6.45, 7) is 2.65. The van der Waals surface area contributed by atoms with Crippen molar-refractivity contribution in [1.29, 1.82) is 0 Å². The molecule has 1 aromatic carbocycles. The average molecular weight is 344 g/mol. The van der Waals surface area contributed by atoms with Crippen LogP contribution in [0.2, 0.25) is 0 Å². The Morgan fingerprint density at radius 1 is 1.32 bits per heavy atom. The molecule has 2 amide bonds. The van der Waals surface area contributed by atoms with Crippen LogP contribution in [0.3, 0.4) is 0 Å². The number of benzene rings is 1. The van der Waals surface area contributed by atoms with E-state index in [1.807, 2.05) is 47.0 Å². The van der Waals surface area contributed by atoms with Crippen LogP contribution < -0.4 is 10.1 Å². The minimum absolute atomic E-state index is 0.0681. The van der Waals surface area contributed by atoms with Gasteiger partial charge in [0.15, 0.2) is 0 Å². The van der Waals surface area contributed by atoms with Gasteiger partial charge in [-0.25, -0.2) is 4.79 Å². The summed E-state index contributed by atoms with van der Waals surface area (Å²) in [7, 11) is 3.56. The molecule has 0 saturated heterocycles. The first-order valence-electron chi connectivity index (χ1n) is 8.42. The minimum atomic E-state index is -0.0681. The van der Waals surface area contributed by atoms with Gasteiger partial charge in [0.25, 0.3) is 0 Å². The summed E-state index contributed by atoms with van der Waals surface area (Å²) in [4.78, 5) is 14.1. The lowest BCUT2D eigenvalue weighted by Crippen LogP contribution is -2.44. The molecule has 2 aromatic rings. The van der Waals surface area contributed by atoms with E-state index < -0.39 is 0 Å². The molecule has 0 unspecified atom stereocenters. The molecule has 1 N–H and O–H groups in total. The molecule has 0 saturated carbocycles. The van der Waals surface area contributed by atoms with Crippen molar-refractivity contribution < 1.29 is 14.3 Å². The van der Waals surface area contributed by atoms with Crippen LogP contribution in [0.5, 0.6) is 5.75 Å². The van der Waals surface area contributed by atoms with Crippen LogP contribution in [0.1, 0.15) is 17.0 Å². The van der Waals surface area contributed by atoms with Crippen molar-refractivity contribution in [2.45, 2.75) is 19.6 Å². The molecule has 2 heterocycles. The molecule has 1 aromatic heterocycles. The Balaban J connectivity index is 1.67. The van der Waals surface area contributed by atoms with Gasteiger partial charge in [0, 0.05) is 44.9 Å². The molecule has 0 spiro atoms. The van der Waals surface area contributed by atoms with E-state index in [0.717, 1.165) is 23.4 Å². The predicted molar refractivity (Wildman–Crippen MR) is 93.4 cm³/mol. The van der Waals surface area contributed by atoms with Gasteiger partial charge in [-0.2, -0.15) is 5.10 Å². The highest BCUT2D eigenvalue weighted by atomic mass is 16.5. The lowest BCUT2D eigenvalue weighted by Gasteiger charge is -2.27. The maximum absolute atomic E-state index is 12.3. The first-order chi connectivity index (χ1) is 12.2. The summed E-state index contributed by atoms with van der Waals surface area (Å²) < 4.78 is 12.7. The fourth-order valence-electron chi connectivity index (χ4n) is 3.00. The van der Waals surface area contributed by atoms with Crippen molar-refractivity contribution in [3.63, 3.8) is 0 Å². The second kappa shape index (κ2) is 8.02. The number of aromatic nitrogens is 2. The maximum atomic E-state index is 12.3. The zero-order chi connectivity index (χ0) is 17.6. The van der Waals surface area contributed by atoms with Crippen molar-refractivity contribution in [3.8, 4) is 5.75 Å². The molecule has 7 heteroatoms. The summed E-state index contributed by atoms with van der Waals surface area (Å²) in [6, 6.07) is 9.61. The third-order valence-corrected chi connectivity index (χ3v) is 4.31. The van der Waals surface area contributed by atoms with E-state index in [1.54, 1.807) is 7.11 Å². The highest BCUT2D eigenvalue weighted by Gasteiger charge is 2.26. The van der Waals surface area contributed by atoms with Crippen LogP contribution in [0.25, 0.3) is 0 Å². The van der Waals surface area contributed by atoms with Gasteiger partial charge in [-0.15, -0.1) is 0 Å². The van der Waals surface area contributed by atoms with Gasteiger partial charge in [-0.1, -0.05) is 18.2 Å². The Labute approximate surface area is 147 Å². The number of fused-ring (bicyclic) bond motifs is 1. The quantitative estimate of drug-likeness (QED) is 0.810.